The summed E-state index contributed by atoms with van der Waals surface area (Å²) >= 11 is 0. The van der Waals surface area contributed by atoms with Gasteiger partial charge in [0.05, 0.1) is 16.8 Å². The highest BCUT2D eigenvalue weighted by molar-refractivity contribution is 7.92. The van der Waals surface area contributed by atoms with Gasteiger partial charge < -0.3 is 0 Å². The summed E-state index contributed by atoms with van der Waals surface area (Å²) in [4.78, 5) is 4.29. The van der Waals surface area contributed by atoms with Crippen LogP contribution >= 0.6 is 0 Å². The quantitative estimate of drug-likeness (QED) is 0.924. The molecule has 2 aromatic rings. The van der Waals surface area contributed by atoms with Gasteiger partial charge in [-0.1, -0.05) is 17.7 Å². The zero-order chi connectivity index (χ0) is 13.2. The number of pyridine rings is 1. The van der Waals surface area contributed by atoms with Crippen molar-refractivity contribution >= 4 is 15.7 Å². The molecular formula is C13H14N2O2S. The molecule has 18 heavy (non-hydrogen) atoms. The molecule has 0 unspecified atom stereocenters. The highest BCUT2D eigenvalue weighted by atomic mass is 32.2. The number of nitrogens with one attached hydrogen (secondary N) is 1. The molecule has 0 spiro atoms. The minimum absolute atomic E-state index is 0.244. The van der Waals surface area contributed by atoms with Crippen molar-refractivity contribution in [2.24, 2.45) is 0 Å². The first kappa shape index (κ1) is 12.6. The van der Waals surface area contributed by atoms with Gasteiger partial charge >= 0.3 is 0 Å². The predicted octanol–water partition coefficient (Wildman–Crippen LogP) is 2.50. The molecule has 0 saturated heterocycles. The number of anilines is 1. The normalized spacial score (nSPS) is 11.2. The zero-order valence-electron chi connectivity index (χ0n) is 10.2. The lowest BCUT2D eigenvalue weighted by atomic mass is 10.2. The molecule has 1 heterocycles. The van der Waals surface area contributed by atoms with Gasteiger partial charge in [0.2, 0.25) is 0 Å². The number of hydrogen-bond donors (Lipinski definition) is 1. The monoisotopic (exact) mass is 262 g/mol. The van der Waals surface area contributed by atoms with Crippen molar-refractivity contribution in [1.29, 1.82) is 0 Å². The lowest BCUT2D eigenvalue weighted by molar-refractivity contribution is 0.601. The highest BCUT2D eigenvalue weighted by Crippen LogP contribution is 2.15. The van der Waals surface area contributed by atoms with Crippen LogP contribution in [0.25, 0.3) is 0 Å². The molecule has 0 atom stereocenters. The fourth-order valence-electron chi connectivity index (χ4n) is 1.46. The van der Waals surface area contributed by atoms with Crippen LogP contribution in [0.15, 0.2) is 47.5 Å². The number of aryl methyl sites for hydroxylation is 2. The molecule has 0 amide bonds. The number of rotatable bonds is 3. The van der Waals surface area contributed by atoms with E-state index in [1.165, 1.54) is 6.20 Å². The molecule has 0 fully saturated rings. The molecule has 0 aliphatic rings. The van der Waals surface area contributed by atoms with Crippen molar-refractivity contribution in [3.8, 4) is 0 Å². The van der Waals surface area contributed by atoms with E-state index in [4.69, 9.17) is 0 Å². The number of sulfonamides is 1. The van der Waals surface area contributed by atoms with Gasteiger partial charge in [-0.15, -0.1) is 0 Å². The summed E-state index contributed by atoms with van der Waals surface area (Å²) in [6.07, 6.45) is 1.50. The molecule has 0 radical (unpaired) electrons. The summed E-state index contributed by atoms with van der Waals surface area (Å²) < 4.78 is 26.6. The molecule has 4 nitrogen and oxygen atoms in total. The van der Waals surface area contributed by atoms with Gasteiger partial charge in [0, 0.05) is 5.69 Å². The Kier molecular flexibility index (Phi) is 3.34. The first-order chi connectivity index (χ1) is 8.47. The zero-order valence-corrected chi connectivity index (χ0v) is 11.0. The van der Waals surface area contributed by atoms with Gasteiger partial charge in [0.15, 0.2) is 0 Å². The third kappa shape index (κ3) is 2.87. The SMILES string of the molecule is Cc1ccc(S(=O)(=O)Nc2ccc(C)nc2)cc1. The van der Waals surface area contributed by atoms with E-state index in [9.17, 15) is 8.42 Å². The summed E-state index contributed by atoms with van der Waals surface area (Å²) in [6, 6.07) is 10.1. The van der Waals surface area contributed by atoms with E-state index in [2.05, 4.69) is 9.71 Å². The average molecular weight is 262 g/mol. The minimum atomic E-state index is -3.53. The number of nitrogens with zero attached hydrogens (tertiary/aromatic N) is 1. The number of hydrogen-bond acceptors (Lipinski definition) is 3. The van der Waals surface area contributed by atoms with Crippen molar-refractivity contribution in [1.82, 2.24) is 4.98 Å². The van der Waals surface area contributed by atoms with Crippen LogP contribution < -0.4 is 4.72 Å². The van der Waals surface area contributed by atoms with Gasteiger partial charge in [-0.2, -0.15) is 0 Å². The van der Waals surface area contributed by atoms with Crippen LogP contribution in [0.3, 0.4) is 0 Å². The van der Waals surface area contributed by atoms with Crippen molar-refractivity contribution < 1.29 is 8.42 Å². The Labute approximate surface area is 107 Å². The minimum Gasteiger partial charge on any atom is -0.278 e. The maximum absolute atomic E-state index is 12.1. The second-order valence-corrected chi connectivity index (χ2v) is 5.79. The molecule has 0 aliphatic carbocycles. The lowest BCUT2D eigenvalue weighted by Gasteiger charge is -2.08. The molecule has 0 aliphatic heterocycles. The third-order valence-electron chi connectivity index (χ3n) is 2.49. The van der Waals surface area contributed by atoms with Crippen molar-refractivity contribution in [3.05, 3.63) is 53.9 Å². The standard InChI is InChI=1S/C13H14N2O2S/c1-10-3-7-13(8-4-10)18(16,17)15-12-6-5-11(2)14-9-12/h3-9,15H,1-2H3. The van der Waals surface area contributed by atoms with E-state index in [0.29, 0.717) is 5.69 Å². The Hall–Kier alpha value is -1.88. The average Bonchev–Trinajstić information content (AvgIpc) is 2.32. The van der Waals surface area contributed by atoms with Crippen LogP contribution in [-0.2, 0) is 10.0 Å². The van der Waals surface area contributed by atoms with E-state index in [0.717, 1.165) is 11.3 Å². The fourth-order valence-corrected chi connectivity index (χ4v) is 2.50. The molecule has 1 aromatic carbocycles. The van der Waals surface area contributed by atoms with E-state index in [1.54, 1.807) is 36.4 Å². The molecule has 94 valence electrons. The molecule has 5 heteroatoms. The second-order valence-electron chi connectivity index (χ2n) is 4.11. The Bertz CT molecular complexity index is 632. The highest BCUT2D eigenvalue weighted by Gasteiger charge is 2.13. The number of aromatic nitrogens is 1. The second kappa shape index (κ2) is 4.78. The van der Waals surface area contributed by atoms with Gasteiger partial charge in [-0.25, -0.2) is 8.42 Å². The first-order valence-electron chi connectivity index (χ1n) is 5.49. The van der Waals surface area contributed by atoms with Gasteiger partial charge in [0.25, 0.3) is 10.0 Å². The molecule has 1 N–H and O–H groups in total. The topological polar surface area (TPSA) is 59.1 Å². The molecule has 0 bridgehead atoms. The van der Waals surface area contributed by atoms with Crippen LogP contribution in [-0.4, -0.2) is 13.4 Å². The van der Waals surface area contributed by atoms with Crippen LogP contribution in [0, 0.1) is 13.8 Å². The summed E-state index contributed by atoms with van der Waals surface area (Å²) in [5.74, 6) is 0. The Balaban J connectivity index is 2.27. The maximum Gasteiger partial charge on any atom is 0.261 e. The van der Waals surface area contributed by atoms with E-state index < -0.39 is 10.0 Å². The van der Waals surface area contributed by atoms with E-state index in [-0.39, 0.29) is 4.90 Å². The van der Waals surface area contributed by atoms with Crippen LogP contribution in [0.4, 0.5) is 5.69 Å². The third-order valence-corrected chi connectivity index (χ3v) is 3.89. The van der Waals surface area contributed by atoms with Crippen molar-refractivity contribution in [2.75, 3.05) is 4.72 Å². The summed E-state index contributed by atoms with van der Waals surface area (Å²) in [6.45, 7) is 3.76. The maximum atomic E-state index is 12.1. The van der Waals surface area contributed by atoms with Crippen LogP contribution in [0.5, 0.6) is 0 Å². The van der Waals surface area contributed by atoms with E-state index in [1.807, 2.05) is 13.8 Å². The van der Waals surface area contributed by atoms with E-state index >= 15 is 0 Å². The van der Waals surface area contributed by atoms with Gasteiger partial charge in [-0.05, 0) is 38.1 Å². The number of benzene rings is 1. The van der Waals surface area contributed by atoms with Gasteiger partial charge in [-0.3, -0.25) is 9.71 Å². The summed E-state index contributed by atoms with van der Waals surface area (Å²) in [5.41, 5.74) is 2.32. The Morgan fingerprint density at radius 3 is 2.22 bits per heavy atom. The summed E-state index contributed by atoms with van der Waals surface area (Å²) in [5, 5.41) is 0. The largest absolute Gasteiger partial charge is 0.278 e. The fraction of sp³-hybridized carbons (Fsp3) is 0.154. The Morgan fingerprint density at radius 2 is 1.67 bits per heavy atom. The molecule has 1 aromatic heterocycles. The molecular weight excluding hydrogens is 248 g/mol. The van der Waals surface area contributed by atoms with Gasteiger partial charge in [0.1, 0.15) is 0 Å². The Morgan fingerprint density at radius 1 is 1.00 bits per heavy atom. The van der Waals surface area contributed by atoms with Crippen LogP contribution in [0.2, 0.25) is 0 Å². The van der Waals surface area contributed by atoms with Crippen molar-refractivity contribution in [3.63, 3.8) is 0 Å². The smallest absolute Gasteiger partial charge is 0.261 e. The predicted molar refractivity (Wildman–Crippen MR) is 71.0 cm³/mol. The first-order valence-corrected chi connectivity index (χ1v) is 6.98. The molecule has 0 saturated carbocycles. The lowest BCUT2D eigenvalue weighted by Crippen LogP contribution is -2.13. The summed E-state index contributed by atoms with van der Waals surface area (Å²) in [7, 11) is -3.53. The van der Waals surface area contributed by atoms with Crippen molar-refractivity contribution in [2.45, 2.75) is 18.7 Å². The van der Waals surface area contributed by atoms with Crippen LogP contribution in [0.1, 0.15) is 11.3 Å². The molecule has 2 rings (SSSR count).